The van der Waals surface area contributed by atoms with Crippen molar-refractivity contribution in [1.82, 2.24) is 19.7 Å². The van der Waals surface area contributed by atoms with Crippen molar-refractivity contribution in [2.75, 3.05) is 13.1 Å². The molecule has 0 saturated carbocycles. The zero-order valence-electron chi connectivity index (χ0n) is 16.0. The third-order valence-corrected chi connectivity index (χ3v) is 5.07. The SMILES string of the molecule is CC(C)c1cc(C(=O)N2CCC[C@H](C(F)(F)F)C2)c2cnn(C(C)C)c2n1. The molecule has 1 atom stereocenters. The summed E-state index contributed by atoms with van der Waals surface area (Å²) >= 11 is 0. The Labute approximate surface area is 156 Å². The summed E-state index contributed by atoms with van der Waals surface area (Å²) in [5.41, 5.74) is 1.72. The van der Waals surface area contributed by atoms with Gasteiger partial charge in [-0.3, -0.25) is 4.79 Å². The molecule has 3 rings (SSSR count). The highest BCUT2D eigenvalue weighted by Crippen LogP contribution is 2.34. The highest BCUT2D eigenvalue weighted by molar-refractivity contribution is 6.05. The van der Waals surface area contributed by atoms with E-state index in [1.54, 1.807) is 16.9 Å². The fourth-order valence-corrected chi connectivity index (χ4v) is 3.49. The molecule has 0 unspecified atom stereocenters. The Morgan fingerprint density at radius 2 is 1.96 bits per heavy atom. The number of likely N-dealkylation sites (tertiary alicyclic amines) is 1. The van der Waals surface area contributed by atoms with Gasteiger partial charge >= 0.3 is 6.18 Å². The highest BCUT2D eigenvalue weighted by Gasteiger charge is 2.43. The van der Waals surface area contributed by atoms with Crippen molar-refractivity contribution in [2.45, 2.75) is 58.7 Å². The van der Waals surface area contributed by atoms with E-state index in [9.17, 15) is 18.0 Å². The quantitative estimate of drug-likeness (QED) is 0.783. The first-order chi connectivity index (χ1) is 12.6. The number of carbonyl (C=O) groups is 1. The maximum atomic E-state index is 13.1. The lowest BCUT2D eigenvalue weighted by Crippen LogP contribution is -2.44. The molecule has 1 aliphatic heterocycles. The van der Waals surface area contributed by atoms with E-state index in [4.69, 9.17) is 0 Å². The molecule has 1 amide bonds. The van der Waals surface area contributed by atoms with Crippen LogP contribution in [0.25, 0.3) is 11.0 Å². The van der Waals surface area contributed by atoms with Crippen molar-refractivity contribution in [3.8, 4) is 0 Å². The van der Waals surface area contributed by atoms with Crippen LogP contribution in [0.5, 0.6) is 0 Å². The first kappa shape index (κ1) is 19.6. The summed E-state index contributed by atoms with van der Waals surface area (Å²) in [6, 6.07) is 1.77. The van der Waals surface area contributed by atoms with Crippen molar-refractivity contribution in [3.05, 3.63) is 23.5 Å². The van der Waals surface area contributed by atoms with Gasteiger partial charge in [-0.1, -0.05) is 13.8 Å². The fourth-order valence-electron chi connectivity index (χ4n) is 3.49. The van der Waals surface area contributed by atoms with E-state index in [-0.39, 0.29) is 30.8 Å². The molecule has 2 aromatic heterocycles. The topological polar surface area (TPSA) is 51.0 Å². The van der Waals surface area contributed by atoms with Crippen molar-refractivity contribution in [3.63, 3.8) is 0 Å². The normalized spacial score (nSPS) is 18.7. The van der Waals surface area contributed by atoms with Crippen molar-refractivity contribution < 1.29 is 18.0 Å². The predicted molar refractivity (Wildman–Crippen MR) is 96.7 cm³/mol. The van der Waals surface area contributed by atoms with Gasteiger partial charge in [0.1, 0.15) is 0 Å². The van der Waals surface area contributed by atoms with E-state index in [2.05, 4.69) is 10.1 Å². The summed E-state index contributed by atoms with van der Waals surface area (Å²) < 4.78 is 41.1. The molecule has 0 bridgehead atoms. The standard InChI is InChI=1S/C19H25F3N4O/c1-11(2)16-8-14(15-9-23-26(12(3)4)17(15)24-16)18(27)25-7-5-6-13(10-25)19(20,21)22/h8-9,11-13H,5-7,10H2,1-4H3/t13-/m0/s1. The molecule has 3 heterocycles. The Morgan fingerprint density at radius 1 is 1.26 bits per heavy atom. The summed E-state index contributed by atoms with van der Waals surface area (Å²) in [4.78, 5) is 19.1. The smallest absolute Gasteiger partial charge is 0.338 e. The predicted octanol–water partition coefficient (Wildman–Crippen LogP) is 4.55. The summed E-state index contributed by atoms with van der Waals surface area (Å²) in [6.07, 6.45) is -2.27. The van der Waals surface area contributed by atoms with Gasteiger partial charge in [0.25, 0.3) is 5.91 Å². The van der Waals surface area contributed by atoms with E-state index in [0.717, 1.165) is 5.69 Å². The molecule has 1 fully saturated rings. The van der Waals surface area contributed by atoms with Gasteiger partial charge in [0, 0.05) is 24.8 Å². The number of aromatic nitrogens is 3. The molecule has 148 valence electrons. The van der Waals surface area contributed by atoms with E-state index in [1.807, 2.05) is 27.7 Å². The monoisotopic (exact) mass is 382 g/mol. The highest BCUT2D eigenvalue weighted by atomic mass is 19.4. The molecule has 8 heteroatoms. The number of piperidine rings is 1. The summed E-state index contributed by atoms with van der Waals surface area (Å²) in [5, 5.41) is 4.93. The van der Waals surface area contributed by atoms with Crippen LogP contribution in [-0.4, -0.2) is 44.8 Å². The number of hydrogen-bond donors (Lipinski definition) is 0. The number of hydrogen-bond acceptors (Lipinski definition) is 3. The first-order valence-corrected chi connectivity index (χ1v) is 9.33. The molecule has 0 radical (unpaired) electrons. The van der Waals surface area contributed by atoms with Crippen LogP contribution in [0, 0.1) is 5.92 Å². The Morgan fingerprint density at radius 3 is 2.56 bits per heavy atom. The maximum Gasteiger partial charge on any atom is 0.393 e. The summed E-state index contributed by atoms with van der Waals surface area (Å²) in [6.45, 7) is 7.93. The third kappa shape index (κ3) is 3.80. The van der Waals surface area contributed by atoms with Crippen LogP contribution in [0.4, 0.5) is 13.2 Å². The first-order valence-electron chi connectivity index (χ1n) is 9.33. The molecule has 0 N–H and O–H groups in total. The van der Waals surface area contributed by atoms with E-state index in [1.165, 1.54) is 4.90 Å². The van der Waals surface area contributed by atoms with E-state index >= 15 is 0 Å². The zero-order valence-corrected chi connectivity index (χ0v) is 16.0. The van der Waals surface area contributed by atoms with Crippen LogP contribution in [0.1, 0.15) is 68.5 Å². The number of rotatable bonds is 3. The lowest BCUT2D eigenvalue weighted by molar-refractivity contribution is -0.184. The number of amides is 1. The number of pyridine rings is 1. The molecule has 5 nitrogen and oxygen atoms in total. The molecule has 1 aliphatic rings. The molecule has 0 aliphatic carbocycles. The second-order valence-corrected chi connectivity index (χ2v) is 7.80. The minimum absolute atomic E-state index is 0.0601. The van der Waals surface area contributed by atoms with E-state index < -0.39 is 12.1 Å². The van der Waals surface area contributed by atoms with Gasteiger partial charge in [0.05, 0.1) is 23.1 Å². The molecule has 27 heavy (non-hydrogen) atoms. The number of carbonyl (C=O) groups excluding carboxylic acids is 1. The fraction of sp³-hybridized carbons (Fsp3) is 0.632. The number of nitrogens with zero attached hydrogens (tertiary/aromatic N) is 4. The van der Waals surface area contributed by atoms with Gasteiger partial charge in [-0.25, -0.2) is 9.67 Å². The molecule has 0 aromatic carbocycles. The number of fused-ring (bicyclic) bond motifs is 1. The van der Waals surface area contributed by atoms with Crippen LogP contribution in [0.2, 0.25) is 0 Å². The Hall–Kier alpha value is -2.12. The van der Waals surface area contributed by atoms with Crippen molar-refractivity contribution >= 4 is 16.9 Å². The third-order valence-electron chi connectivity index (χ3n) is 5.07. The van der Waals surface area contributed by atoms with Gasteiger partial charge < -0.3 is 4.90 Å². The van der Waals surface area contributed by atoms with Gasteiger partial charge in [0.15, 0.2) is 5.65 Å². The van der Waals surface area contributed by atoms with Crippen LogP contribution in [-0.2, 0) is 0 Å². The van der Waals surface area contributed by atoms with Crippen LogP contribution in [0.3, 0.4) is 0 Å². The number of alkyl halides is 3. The molecular weight excluding hydrogens is 357 g/mol. The Kier molecular flexibility index (Phi) is 5.18. The molecule has 0 spiro atoms. The van der Waals surface area contributed by atoms with Gasteiger partial charge in [-0.2, -0.15) is 18.3 Å². The number of halogens is 3. The molecule has 2 aromatic rings. The zero-order chi connectivity index (χ0) is 19.9. The van der Waals surface area contributed by atoms with Crippen molar-refractivity contribution in [1.29, 1.82) is 0 Å². The molecular formula is C19H25F3N4O. The van der Waals surface area contributed by atoms with Crippen LogP contribution < -0.4 is 0 Å². The van der Waals surface area contributed by atoms with Crippen molar-refractivity contribution in [2.24, 2.45) is 5.92 Å². The maximum absolute atomic E-state index is 13.1. The second-order valence-electron chi connectivity index (χ2n) is 7.80. The average molecular weight is 382 g/mol. The lowest BCUT2D eigenvalue weighted by atomic mass is 9.96. The van der Waals surface area contributed by atoms with Crippen LogP contribution in [0.15, 0.2) is 12.3 Å². The summed E-state index contributed by atoms with van der Waals surface area (Å²) in [7, 11) is 0. The Bertz CT molecular complexity index is 841. The van der Waals surface area contributed by atoms with Gasteiger partial charge in [0.2, 0.25) is 0 Å². The minimum Gasteiger partial charge on any atom is -0.338 e. The minimum atomic E-state index is -4.28. The lowest BCUT2D eigenvalue weighted by Gasteiger charge is -2.34. The largest absolute Gasteiger partial charge is 0.393 e. The van der Waals surface area contributed by atoms with E-state index in [0.29, 0.717) is 29.6 Å². The molecule has 1 saturated heterocycles. The van der Waals surface area contributed by atoms with Crippen LogP contribution >= 0.6 is 0 Å². The Balaban J connectivity index is 2.03. The summed E-state index contributed by atoms with van der Waals surface area (Å²) in [5.74, 6) is -1.75. The van der Waals surface area contributed by atoms with Gasteiger partial charge in [-0.05, 0) is 38.7 Å². The second kappa shape index (κ2) is 7.13. The van der Waals surface area contributed by atoms with Gasteiger partial charge in [-0.15, -0.1) is 0 Å². The average Bonchev–Trinajstić information content (AvgIpc) is 3.03.